The maximum atomic E-state index is 12.5. The average molecular weight is 483 g/mol. The molecule has 7 nitrogen and oxygen atoms in total. The van der Waals surface area contributed by atoms with Gasteiger partial charge in [0.05, 0.1) is 13.2 Å². The number of rotatable bonds is 8. The highest BCUT2D eigenvalue weighted by molar-refractivity contribution is 7.73. The summed E-state index contributed by atoms with van der Waals surface area (Å²) in [6.07, 6.45) is 0.899. The van der Waals surface area contributed by atoms with Crippen LogP contribution >= 0.6 is 23.6 Å². The number of hydrogen-bond acceptors (Lipinski definition) is 7. The minimum atomic E-state index is 0.0397. The molecule has 0 spiro atoms. The van der Waals surface area contributed by atoms with E-state index in [-0.39, 0.29) is 5.91 Å². The van der Waals surface area contributed by atoms with Crippen molar-refractivity contribution in [2.45, 2.75) is 26.9 Å². The molecule has 33 heavy (non-hydrogen) atoms. The number of hydrogen-bond donors (Lipinski definition) is 2. The summed E-state index contributed by atoms with van der Waals surface area (Å²) in [6, 6.07) is 16.2. The van der Waals surface area contributed by atoms with Gasteiger partial charge in [-0.15, -0.1) is 5.10 Å². The Morgan fingerprint density at radius 3 is 2.48 bits per heavy atom. The van der Waals surface area contributed by atoms with Crippen molar-refractivity contribution in [3.8, 4) is 0 Å². The second kappa shape index (κ2) is 11.0. The fourth-order valence-corrected chi connectivity index (χ4v) is 4.84. The van der Waals surface area contributed by atoms with E-state index >= 15 is 0 Å². The van der Waals surface area contributed by atoms with Crippen LogP contribution in [-0.4, -0.2) is 58.2 Å². The number of para-hydroxylation sites is 1. The van der Waals surface area contributed by atoms with Crippen LogP contribution in [0.4, 0.5) is 16.5 Å². The van der Waals surface area contributed by atoms with Crippen LogP contribution in [0.25, 0.3) is 0 Å². The first-order chi connectivity index (χ1) is 16.0. The average Bonchev–Trinajstić information content (AvgIpc) is 3.15. The van der Waals surface area contributed by atoms with Crippen LogP contribution in [-0.2, 0) is 17.9 Å². The molecule has 1 amide bonds. The van der Waals surface area contributed by atoms with Gasteiger partial charge in [-0.2, -0.15) is 0 Å². The molecule has 1 fully saturated rings. The second-order valence-corrected chi connectivity index (χ2v) is 9.88. The molecule has 0 bridgehead atoms. The van der Waals surface area contributed by atoms with Crippen molar-refractivity contribution in [2.24, 2.45) is 0 Å². The van der Waals surface area contributed by atoms with Gasteiger partial charge in [-0.3, -0.25) is 14.6 Å². The Kier molecular flexibility index (Phi) is 7.87. The molecule has 1 aliphatic rings. The van der Waals surface area contributed by atoms with Gasteiger partial charge in [0.1, 0.15) is 0 Å². The Hall–Kier alpha value is -2.59. The number of carbonyl (C=O) groups excluding carboxylic acids is 1. The third-order valence-corrected chi connectivity index (χ3v) is 6.97. The minimum absolute atomic E-state index is 0.0397. The summed E-state index contributed by atoms with van der Waals surface area (Å²) in [5.41, 5.74) is 4.30. The van der Waals surface area contributed by atoms with E-state index < -0.39 is 0 Å². The summed E-state index contributed by atoms with van der Waals surface area (Å²) < 4.78 is 2.63. The second-order valence-electron chi connectivity index (χ2n) is 8.26. The van der Waals surface area contributed by atoms with Gasteiger partial charge in [0, 0.05) is 37.6 Å². The van der Waals surface area contributed by atoms with Crippen molar-refractivity contribution in [3.05, 3.63) is 63.6 Å². The summed E-state index contributed by atoms with van der Waals surface area (Å²) in [5.74, 6) is 0.0397. The van der Waals surface area contributed by atoms with Gasteiger partial charge in [-0.1, -0.05) is 54.2 Å². The molecule has 1 aliphatic heterocycles. The van der Waals surface area contributed by atoms with E-state index in [0.29, 0.717) is 13.2 Å². The van der Waals surface area contributed by atoms with Crippen molar-refractivity contribution >= 4 is 46.0 Å². The zero-order valence-corrected chi connectivity index (χ0v) is 20.7. The van der Waals surface area contributed by atoms with Gasteiger partial charge >= 0.3 is 0 Å². The van der Waals surface area contributed by atoms with Crippen LogP contribution in [0, 0.1) is 10.9 Å². The number of amides is 1. The van der Waals surface area contributed by atoms with Crippen molar-refractivity contribution in [2.75, 3.05) is 43.4 Å². The van der Waals surface area contributed by atoms with Crippen molar-refractivity contribution < 1.29 is 4.79 Å². The van der Waals surface area contributed by atoms with Crippen LogP contribution in [0.2, 0.25) is 0 Å². The lowest BCUT2D eigenvalue weighted by molar-refractivity contribution is -0.117. The first kappa shape index (κ1) is 23.6. The molecule has 0 atom stereocenters. The van der Waals surface area contributed by atoms with Crippen LogP contribution in [0.5, 0.6) is 0 Å². The Bertz CT molecular complexity index is 1130. The lowest BCUT2D eigenvalue weighted by atomic mass is 10.1. The molecule has 2 N–H and O–H groups in total. The first-order valence-electron chi connectivity index (χ1n) is 11.2. The predicted octanol–water partition coefficient (Wildman–Crippen LogP) is 4.50. The van der Waals surface area contributed by atoms with Crippen LogP contribution < -0.4 is 10.6 Å². The number of anilines is 3. The van der Waals surface area contributed by atoms with E-state index in [0.717, 1.165) is 58.6 Å². The Morgan fingerprint density at radius 2 is 1.76 bits per heavy atom. The number of nitrogens with one attached hydrogen (secondary N) is 2. The number of carbonyl (C=O) groups is 1. The van der Waals surface area contributed by atoms with Gasteiger partial charge < -0.3 is 10.6 Å². The fourth-order valence-electron chi connectivity index (χ4n) is 3.83. The molecule has 9 heteroatoms. The topological polar surface area (TPSA) is 65.4 Å². The maximum Gasteiger partial charge on any atom is 0.238 e. The summed E-state index contributed by atoms with van der Waals surface area (Å²) in [5, 5.41) is 11.9. The lowest BCUT2D eigenvalue weighted by Gasteiger charge is -2.34. The normalized spacial score (nSPS) is 14.8. The summed E-state index contributed by atoms with van der Waals surface area (Å²) >= 11 is 7.01. The smallest absolute Gasteiger partial charge is 0.238 e. The molecule has 0 aliphatic carbocycles. The van der Waals surface area contributed by atoms with Gasteiger partial charge in [-0.25, -0.2) is 4.68 Å². The standard InChI is InChI=1S/C24H30N6OS2/c1-3-19-6-4-5-7-21(19)26-22(31)16-28-12-14-29(15-13-28)17-30-24(32)33-23(27-30)25-20-10-8-18(2)9-11-20/h4-11H,3,12-17H2,1-2H3,(H,25,27)(H,26,31). The molecule has 0 saturated carbocycles. The van der Waals surface area contributed by atoms with Gasteiger partial charge in [-0.05, 0) is 49.3 Å². The fraction of sp³-hybridized carbons (Fsp3) is 0.375. The van der Waals surface area contributed by atoms with E-state index in [1.807, 2.05) is 35.0 Å². The molecular weight excluding hydrogens is 452 g/mol. The minimum Gasteiger partial charge on any atom is -0.330 e. The molecule has 2 heterocycles. The lowest BCUT2D eigenvalue weighted by Crippen LogP contribution is -2.49. The van der Waals surface area contributed by atoms with Crippen LogP contribution in [0.3, 0.4) is 0 Å². The van der Waals surface area contributed by atoms with Crippen LogP contribution in [0.15, 0.2) is 48.5 Å². The van der Waals surface area contributed by atoms with Crippen molar-refractivity contribution in [1.82, 2.24) is 19.6 Å². The molecular formula is C24H30N6OS2. The zero-order valence-electron chi connectivity index (χ0n) is 19.1. The third-order valence-electron chi connectivity index (χ3n) is 5.75. The third kappa shape index (κ3) is 6.48. The van der Waals surface area contributed by atoms with Crippen LogP contribution in [0.1, 0.15) is 18.1 Å². The SMILES string of the molecule is CCc1ccccc1NC(=O)CN1CCN(Cn2nc(Nc3ccc(C)cc3)sc2=S)CC1. The highest BCUT2D eigenvalue weighted by Crippen LogP contribution is 2.21. The quantitative estimate of drug-likeness (QED) is 0.461. The molecule has 1 saturated heterocycles. The summed E-state index contributed by atoms with van der Waals surface area (Å²) in [7, 11) is 0. The molecule has 3 aromatic rings. The largest absolute Gasteiger partial charge is 0.330 e. The monoisotopic (exact) mass is 482 g/mol. The maximum absolute atomic E-state index is 12.5. The van der Waals surface area contributed by atoms with Crippen molar-refractivity contribution in [1.29, 1.82) is 0 Å². The Labute approximate surface area is 204 Å². The highest BCUT2D eigenvalue weighted by atomic mass is 32.1. The highest BCUT2D eigenvalue weighted by Gasteiger charge is 2.20. The molecule has 1 aromatic heterocycles. The van der Waals surface area contributed by atoms with E-state index in [9.17, 15) is 4.79 Å². The van der Waals surface area contributed by atoms with E-state index in [2.05, 4.69) is 57.6 Å². The number of aryl methyl sites for hydroxylation is 2. The van der Waals surface area contributed by atoms with E-state index in [1.165, 1.54) is 16.9 Å². The van der Waals surface area contributed by atoms with E-state index in [4.69, 9.17) is 12.2 Å². The predicted molar refractivity (Wildman–Crippen MR) is 138 cm³/mol. The molecule has 4 rings (SSSR count). The Balaban J connectivity index is 1.25. The van der Waals surface area contributed by atoms with Gasteiger partial charge in [0.15, 0.2) is 3.95 Å². The molecule has 0 unspecified atom stereocenters. The zero-order chi connectivity index (χ0) is 23.2. The number of aromatic nitrogens is 2. The number of benzene rings is 2. The van der Waals surface area contributed by atoms with Gasteiger partial charge in [0.2, 0.25) is 11.0 Å². The van der Waals surface area contributed by atoms with Crippen molar-refractivity contribution in [3.63, 3.8) is 0 Å². The molecule has 174 valence electrons. The number of piperazine rings is 1. The summed E-state index contributed by atoms with van der Waals surface area (Å²) in [4.78, 5) is 17.1. The molecule has 2 aromatic carbocycles. The van der Waals surface area contributed by atoms with Gasteiger partial charge in [0.25, 0.3) is 0 Å². The van der Waals surface area contributed by atoms with E-state index in [1.54, 1.807) is 0 Å². The Morgan fingerprint density at radius 1 is 1.06 bits per heavy atom. The number of nitrogens with zero attached hydrogens (tertiary/aromatic N) is 4. The molecule has 0 radical (unpaired) electrons. The summed E-state index contributed by atoms with van der Waals surface area (Å²) in [6.45, 7) is 8.67. The first-order valence-corrected chi connectivity index (χ1v) is 12.5.